The predicted molar refractivity (Wildman–Crippen MR) is 128 cm³/mol. The second kappa shape index (κ2) is 9.07. The molecule has 0 saturated heterocycles. The Kier molecular flexibility index (Phi) is 5.82. The van der Waals surface area contributed by atoms with Gasteiger partial charge in [-0.2, -0.15) is 0 Å². The number of para-hydroxylation sites is 1. The van der Waals surface area contributed by atoms with Crippen LogP contribution in [0.5, 0.6) is 5.75 Å². The molecule has 1 amide bonds. The Bertz CT molecular complexity index is 1210. The summed E-state index contributed by atoms with van der Waals surface area (Å²) in [4.78, 5) is 26.1. The van der Waals surface area contributed by atoms with Crippen LogP contribution in [0.2, 0.25) is 0 Å². The number of ether oxygens (including phenoxy) is 1. The largest absolute Gasteiger partial charge is 0.489 e. The lowest BCUT2D eigenvalue weighted by atomic mass is 9.73. The van der Waals surface area contributed by atoms with E-state index in [-0.39, 0.29) is 29.9 Å². The topological polar surface area (TPSA) is 55.4 Å². The van der Waals surface area contributed by atoms with Gasteiger partial charge in [-0.3, -0.25) is 9.59 Å². The quantitative estimate of drug-likeness (QED) is 0.567. The molecule has 3 aromatic rings. The maximum absolute atomic E-state index is 13.4. The van der Waals surface area contributed by atoms with Crippen LogP contribution in [0.1, 0.15) is 53.4 Å². The highest BCUT2D eigenvalue weighted by Crippen LogP contribution is 2.44. The van der Waals surface area contributed by atoms with Crippen LogP contribution in [0.3, 0.4) is 0 Å². The number of nitrogens with one attached hydrogen (secondary N) is 1. The van der Waals surface area contributed by atoms with Crippen LogP contribution >= 0.6 is 0 Å². The van der Waals surface area contributed by atoms with Gasteiger partial charge in [0.25, 0.3) is 0 Å². The summed E-state index contributed by atoms with van der Waals surface area (Å²) in [6.45, 7) is 2.49. The summed E-state index contributed by atoms with van der Waals surface area (Å²) in [6.07, 6.45) is 1.38. The molecule has 0 unspecified atom stereocenters. The molecule has 1 aliphatic heterocycles. The monoisotopic (exact) mass is 437 g/mol. The third kappa shape index (κ3) is 4.47. The highest BCUT2D eigenvalue weighted by Gasteiger charge is 2.39. The molecule has 1 aliphatic carbocycles. The van der Waals surface area contributed by atoms with Gasteiger partial charge in [0.1, 0.15) is 12.4 Å². The first-order chi connectivity index (χ1) is 16.1. The molecule has 4 nitrogen and oxygen atoms in total. The molecule has 2 aliphatic rings. The molecule has 0 aromatic heterocycles. The molecule has 4 heteroatoms. The number of rotatable bonds is 5. The number of benzene rings is 3. The van der Waals surface area contributed by atoms with Gasteiger partial charge in [0.15, 0.2) is 5.78 Å². The summed E-state index contributed by atoms with van der Waals surface area (Å²) >= 11 is 0. The number of carbonyl (C=O) groups excluding carboxylic acids is 2. The van der Waals surface area contributed by atoms with E-state index in [0.717, 1.165) is 33.7 Å². The summed E-state index contributed by atoms with van der Waals surface area (Å²) in [6, 6.07) is 26.1. The maximum atomic E-state index is 13.4. The van der Waals surface area contributed by atoms with E-state index < -0.39 is 0 Å². The van der Waals surface area contributed by atoms with Crippen molar-refractivity contribution in [2.24, 2.45) is 0 Å². The zero-order valence-electron chi connectivity index (χ0n) is 18.7. The molecule has 1 heterocycles. The maximum Gasteiger partial charge on any atom is 0.225 e. The standard InChI is InChI=1S/C29H27NO3/c1-19-11-13-21(14-12-19)22-15-25-29(26(31)16-22)24(17-28(32)30-25)23-9-5-6-10-27(23)33-18-20-7-3-2-4-8-20/h2-14,22,24H,15-18H2,1H3,(H,30,32)/t22-,24-/m1/s1. The zero-order chi connectivity index (χ0) is 22.8. The average Bonchev–Trinajstić information content (AvgIpc) is 2.83. The molecule has 166 valence electrons. The van der Waals surface area contributed by atoms with Gasteiger partial charge < -0.3 is 10.1 Å². The highest BCUT2D eigenvalue weighted by molar-refractivity contribution is 6.02. The Labute approximate surface area is 194 Å². The SMILES string of the molecule is Cc1ccc([C@H]2CC(=O)C3=C(C2)NC(=O)C[C@@H]3c2ccccc2OCc2ccccc2)cc1. The molecular formula is C29H27NO3. The Hall–Kier alpha value is -3.66. The van der Waals surface area contributed by atoms with E-state index >= 15 is 0 Å². The van der Waals surface area contributed by atoms with Crippen molar-refractivity contribution in [3.63, 3.8) is 0 Å². The number of hydrogen-bond acceptors (Lipinski definition) is 3. The molecule has 0 radical (unpaired) electrons. The molecule has 0 bridgehead atoms. The fourth-order valence-corrected chi connectivity index (χ4v) is 4.94. The van der Waals surface area contributed by atoms with Gasteiger partial charge in [-0.15, -0.1) is 0 Å². The molecule has 0 fully saturated rings. The molecule has 5 rings (SSSR count). The first kappa shape index (κ1) is 21.2. The Morgan fingerprint density at radius 1 is 0.848 bits per heavy atom. The highest BCUT2D eigenvalue weighted by atomic mass is 16.5. The normalized spacial score (nSPS) is 20.3. The lowest BCUT2D eigenvalue weighted by Gasteiger charge is -2.35. The van der Waals surface area contributed by atoms with Crippen LogP contribution in [-0.2, 0) is 16.2 Å². The number of allylic oxidation sites excluding steroid dienone is 2. The fraction of sp³-hybridized carbons (Fsp3) is 0.241. The smallest absolute Gasteiger partial charge is 0.225 e. The van der Waals surface area contributed by atoms with Crippen LogP contribution in [0.15, 0.2) is 90.1 Å². The van der Waals surface area contributed by atoms with Crippen LogP contribution in [0.4, 0.5) is 0 Å². The van der Waals surface area contributed by atoms with E-state index in [2.05, 4.69) is 36.5 Å². The van der Waals surface area contributed by atoms with Gasteiger partial charge in [0, 0.05) is 35.6 Å². The van der Waals surface area contributed by atoms with Crippen molar-refractivity contribution in [2.75, 3.05) is 0 Å². The third-order valence-corrected chi connectivity index (χ3v) is 6.62. The van der Waals surface area contributed by atoms with Gasteiger partial charge in [-0.25, -0.2) is 0 Å². The molecule has 3 aromatic carbocycles. The number of hydrogen-bond donors (Lipinski definition) is 1. The summed E-state index contributed by atoms with van der Waals surface area (Å²) in [5.41, 5.74) is 5.83. The molecular weight excluding hydrogens is 410 g/mol. The lowest BCUT2D eigenvalue weighted by Crippen LogP contribution is -2.38. The van der Waals surface area contributed by atoms with Gasteiger partial charge in [-0.1, -0.05) is 78.4 Å². The van der Waals surface area contributed by atoms with E-state index in [4.69, 9.17) is 4.74 Å². The minimum absolute atomic E-state index is 0.0473. The van der Waals surface area contributed by atoms with Crippen LogP contribution in [0.25, 0.3) is 0 Å². The summed E-state index contributed by atoms with van der Waals surface area (Å²) in [5, 5.41) is 3.02. The van der Waals surface area contributed by atoms with Crippen molar-refractivity contribution in [1.29, 1.82) is 0 Å². The Balaban J connectivity index is 1.45. The van der Waals surface area contributed by atoms with Crippen molar-refractivity contribution in [1.82, 2.24) is 5.32 Å². The van der Waals surface area contributed by atoms with Gasteiger partial charge in [-0.05, 0) is 36.5 Å². The second-order valence-corrected chi connectivity index (χ2v) is 8.95. The van der Waals surface area contributed by atoms with Crippen LogP contribution < -0.4 is 10.1 Å². The average molecular weight is 438 g/mol. The first-order valence-electron chi connectivity index (χ1n) is 11.5. The van der Waals surface area contributed by atoms with Crippen molar-refractivity contribution in [3.05, 3.63) is 112 Å². The van der Waals surface area contributed by atoms with Crippen LogP contribution in [-0.4, -0.2) is 11.7 Å². The van der Waals surface area contributed by atoms with E-state index in [0.29, 0.717) is 19.4 Å². The van der Waals surface area contributed by atoms with E-state index in [1.54, 1.807) is 0 Å². The summed E-state index contributed by atoms with van der Waals surface area (Å²) in [7, 11) is 0. The van der Waals surface area contributed by atoms with Crippen LogP contribution in [0, 0.1) is 6.92 Å². The van der Waals surface area contributed by atoms with Crippen molar-refractivity contribution in [2.45, 2.75) is 44.6 Å². The number of amides is 1. The van der Waals surface area contributed by atoms with Gasteiger partial charge in [0.2, 0.25) is 5.91 Å². The number of aryl methyl sites for hydroxylation is 1. The van der Waals surface area contributed by atoms with Gasteiger partial charge >= 0.3 is 0 Å². The molecule has 0 saturated carbocycles. The molecule has 2 atom stereocenters. The molecule has 1 N–H and O–H groups in total. The minimum atomic E-state index is -0.285. The minimum Gasteiger partial charge on any atom is -0.489 e. The number of Topliss-reactive ketones (excluding diaryl/α,β-unsaturated/α-hetero) is 1. The molecule has 33 heavy (non-hydrogen) atoms. The summed E-state index contributed by atoms with van der Waals surface area (Å²) < 4.78 is 6.16. The van der Waals surface area contributed by atoms with E-state index in [1.807, 2.05) is 54.6 Å². The number of carbonyl (C=O) groups is 2. The first-order valence-corrected chi connectivity index (χ1v) is 11.5. The van der Waals surface area contributed by atoms with E-state index in [9.17, 15) is 9.59 Å². The Morgan fingerprint density at radius 3 is 2.36 bits per heavy atom. The molecule has 0 spiro atoms. The Morgan fingerprint density at radius 2 is 1.58 bits per heavy atom. The predicted octanol–water partition coefficient (Wildman–Crippen LogP) is 5.58. The van der Waals surface area contributed by atoms with Crippen molar-refractivity contribution < 1.29 is 14.3 Å². The number of ketones is 1. The van der Waals surface area contributed by atoms with Crippen molar-refractivity contribution in [3.8, 4) is 5.75 Å². The third-order valence-electron chi connectivity index (χ3n) is 6.62. The van der Waals surface area contributed by atoms with Gasteiger partial charge in [0.05, 0.1) is 0 Å². The summed E-state index contributed by atoms with van der Waals surface area (Å²) in [5.74, 6) is 0.590. The lowest BCUT2D eigenvalue weighted by molar-refractivity contribution is -0.122. The van der Waals surface area contributed by atoms with E-state index in [1.165, 1.54) is 5.56 Å². The van der Waals surface area contributed by atoms with Crippen molar-refractivity contribution >= 4 is 11.7 Å². The fourth-order valence-electron chi connectivity index (χ4n) is 4.94. The zero-order valence-corrected chi connectivity index (χ0v) is 18.7. The second-order valence-electron chi connectivity index (χ2n) is 8.95.